The van der Waals surface area contributed by atoms with Gasteiger partial charge in [0, 0.05) is 16.8 Å². The van der Waals surface area contributed by atoms with Crippen LogP contribution in [0.4, 0.5) is 0 Å². The Labute approximate surface area is 214 Å². The lowest BCUT2D eigenvalue weighted by Crippen LogP contribution is -2.21. The zero-order chi connectivity index (χ0) is 25.5. The average molecular weight is 502 g/mol. The molecule has 0 fully saturated rings. The molecule has 0 spiro atoms. The Morgan fingerprint density at radius 1 is 0.972 bits per heavy atom. The van der Waals surface area contributed by atoms with E-state index in [1.165, 1.54) is 11.8 Å². The van der Waals surface area contributed by atoms with E-state index in [4.69, 9.17) is 9.47 Å². The molecule has 0 unspecified atom stereocenters. The first-order chi connectivity index (χ1) is 17.5. The molecule has 4 aromatic rings. The van der Waals surface area contributed by atoms with Gasteiger partial charge in [-0.25, -0.2) is 5.43 Å². The zero-order valence-electron chi connectivity index (χ0n) is 20.6. The third-order valence-electron chi connectivity index (χ3n) is 5.44. The van der Waals surface area contributed by atoms with Crippen molar-refractivity contribution in [2.24, 2.45) is 5.10 Å². The number of aromatic nitrogens is 3. The lowest BCUT2D eigenvalue weighted by Gasteiger charge is -2.11. The quantitative estimate of drug-likeness (QED) is 0.199. The van der Waals surface area contributed by atoms with Crippen LogP contribution >= 0.6 is 11.8 Å². The van der Waals surface area contributed by atoms with Crippen LogP contribution in [-0.2, 0) is 4.79 Å². The van der Waals surface area contributed by atoms with Crippen molar-refractivity contribution in [1.29, 1.82) is 0 Å². The Kier molecular flexibility index (Phi) is 8.02. The smallest absolute Gasteiger partial charge is 0.250 e. The van der Waals surface area contributed by atoms with E-state index >= 15 is 0 Å². The van der Waals surface area contributed by atoms with E-state index in [9.17, 15) is 4.79 Å². The highest BCUT2D eigenvalue weighted by Gasteiger charge is 2.17. The highest BCUT2D eigenvalue weighted by Crippen LogP contribution is 2.29. The van der Waals surface area contributed by atoms with E-state index in [0.29, 0.717) is 16.7 Å². The summed E-state index contributed by atoms with van der Waals surface area (Å²) in [7, 11) is 3.24. The van der Waals surface area contributed by atoms with Crippen molar-refractivity contribution in [2.45, 2.75) is 19.0 Å². The van der Waals surface area contributed by atoms with E-state index in [2.05, 4.69) is 20.7 Å². The largest absolute Gasteiger partial charge is 0.497 e. The summed E-state index contributed by atoms with van der Waals surface area (Å²) in [6.07, 6.45) is 0. The Hall–Kier alpha value is -4.11. The summed E-state index contributed by atoms with van der Waals surface area (Å²) >= 11 is 1.29. The normalized spacial score (nSPS) is 11.3. The van der Waals surface area contributed by atoms with Crippen LogP contribution in [0, 0.1) is 6.92 Å². The third kappa shape index (κ3) is 5.92. The summed E-state index contributed by atoms with van der Waals surface area (Å²) in [5.41, 5.74) is 7.12. The number of hydrogen-bond acceptors (Lipinski definition) is 7. The third-order valence-corrected chi connectivity index (χ3v) is 6.37. The molecule has 8 nitrogen and oxygen atoms in total. The standard InChI is InChI=1S/C27H27N5O3S/c1-18-8-10-20(11-9-18)26-30-31-27(32(26)22-12-14-23(34-3)15-13-22)36-17-25(33)29-28-19(2)21-6-5-7-24(16-21)35-4/h5-16H,17H2,1-4H3,(H,29,33)/b28-19-. The number of hydrogen-bond donors (Lipinski definition) is 1. The second-order valence-corrected chi connectivity index (χ2v) is 8.90. The molecule has 0 bridgehead atoms. The first kappa shape index (κ1) is 25.0. The lowest BCUT2D eigenvalue weighted by molar-refractivity contribution is -0.118. The van der Waals surface area contributed by atoms with Gasteiger partial charge in [0.15, 0.2) is 11.0 Å². The Balaban J connectivity index is 1.53. The molecule has 1 amide bonds. The maximum absolute atomic E-state index is 12.6. The van der Waals surface area contributed by atoms with Crippen molar-refractivity contribution in [1.82, 2.24) is 20.2 Å². The van der Waals surface area contributed by atoms with Crippen molar-refractivity contribution in [3.05, 3.63) is 83.9 Å². The summed E-state index contributed by atoms with van der Waals surface area (Å²) in [4.78, 5) is 12.6. The Morgan fingerprint density at radius 3 is 2.39 bits per heavy atom. The first-order valence-corrected chi connectivity index (χ1v) is 12.2. The molecule has 0 radical (unpaired) electrons. The number of benzene rings is 3. The van der Waals surface area contributed by atoms with Gasteiger partial charge in [0.05, 0.1) is 25.7 Å². The number of hydrazone groups is 1. The summed E-state index contributed by atoms with van der Waals surface area (Å²) in [6, 6.07) is 23.2. The summed E-state index contributed by atoms with van der Waals surface area (Å²) in [5.74, 6) is 2.04. The lowest BCUT2D eigenvalue weighted by atomic mass is 10.1. The monoisotopic (exact) mass is 501 g/mol. The summed E-state index contributed by atoms with van der Waals surface area (Å²) in [5, 5.41) is 13.6. The minimum absolute atomic E-state index is 0.122. The van der Waals surface area contributed by atoms with Crippen molar-refractivity contribution >= 4 is 23.4 Å². The summed E-state index contributed by atoms with van der Waals surface area (Å²) < 4.78 is 12.5. The molecular formula is C27H27N5O3S. The Bertz CT molecular complexity index is 1370. The van der Waals surface area contributed by atoms with E-state index < -0.39 is 0 Å². The van der Waals surface area contributed by atoms with Crippen LogP contribution in [0.25, 0.3) is 17.1 Å². The van der Waals surface area contributed by atoms with Crippen LogP contribution < -0.4 is 14.9 Å². The van der Waals surface area contributed by atoms with Gasteiger partial charge in [-0.05, 0) is 50.2 Å². The fraction of sp³-hybridized carbons (Fsp3) is 0.185. The number of ether oxygens (including phenoxy) is 2. The fourth-order valence-electron chi connectivity index (χ4n) is 3.44. The van der Waals surface area contributed by atoms with Gasteiger partial charge >= 0.3 is 0 Å². The second kappa shape index (κ2) is 11.5. The van der Waals surface area contributed by atoms with Crippen molar-refractivity contribution < 1.29 is 14.3 Å². The molecule has 1 N–H and O–H groups in total. The predicted molar refractivity (Wildman–Crippen MR) is 142 cm³/mol. The molecule has 0 aliphatic carbocycles. The van der Waals surface area contributed by atoms with Crippen molar-refractivity contribution in [3.8, 4) is 28.6 Å². The number of aryl methyl sites for hydroxylation is 1. The van der Waals surface area contributed by atoms with E-state index in [1.54, 1.807) is 14.2 Å². The van der Waals surface area contributed by atoms with E-state index in [-0.39, 0.29) is 11.7 Å². The predicted octanol–water partition coefficient (Wildman–Crippen LogP) is 4.89. The molecule has 0 saturated carbocycles. The number of thioether (sulfide) groups is 1. The van der Waals surface area contributed by atoms with E-state index in [0.717, 1.165) is 33.9 Å². The fourth-order valence-corrected chi connectivity index (χ4v) is 4.18. The van der Waals surface area contributed by atoms with Gasteiger partial charge < -0.3 is 9.47 Å². The number of rotatable bonds is 9. The van der Waals surface area contributed by atoms with Crippen LogP contribution in [0.1, 0.15) is 18.1 Å². The molecule has 0 saturated heterocycles. The van der Waals surface area contributed by atoms with Gasteiger partial charge in [0.25, 0.3) is 5.91 Å². The molecule has 3 aromatic carbocycles. The van der Waals surface area contributed by atoms with Gasteiger partial charge in [0.1, 0.15) is 11.5 Å². The molecule has 9 heteroatoms. The average Bonchev–Trinajstić information content (AvgIpc) is 3.34. The number of nitrogens with zero attached hydrogens (tertiary/aromatic N) is 4. The SMILES string of the molecule is COc1ccc(-n2c(SCC(=O)N/N=C(/C)c3cccc(OC)c3)nnc2-c2ccc(C)cc2)cc1. The number of methoxy groups -OCH3 is 2. The van der Waals surface area contributed by atoms with Gasteiger partial charge in [-0.2, -0.15) is 5.10 Å². The van der Waals surface area contributed by atoms with Crippen molar-refractivity contribution in [2.75, 3.05) is 20.0 Å². The molecule has 0 atom stereocenters. The molecule has 1 aromatic heterocycles. The highest BCUT2D eigenvalue weighted by molar-refractivity contribution is 7.99. The Morgan fingerprint density at radius 2 is 1.69 bits per heavy atom. The van der Waals surface area contributed by atoms with Crippen LogP contribution in [-0.4, -0.2) is 46.4 Å². The molecule has 0 aliphatic rings. The van der Waals surface area contributed by atoms with E-state index in [1.807, 2.05) is 91.2 Å². The van der Waals surface area contributed by atoms with Crippen LogP contribution in [0.2, 0.25) is 0 Å². The number of nitrogens with one attached hydrogen (secondary N) is 1. The summed E-state index contributed by atoms with van der Waals surface area (Å²) in [6.45, 7) is 3.87. The zero-order valence-corrected chi connectivity index (χ0v) is 21.4. The molecule has 36 heavy (non-hydrogen) atoms. The van der Waals surface area contributed by atoms with Crippen molar-refractivity contribution in [3.63, 3.8) is 0 Å². The number of carbonyl (C=O) groups excluding carboxylic acids is 1. The second-order valence-electron chi connectivity index (χ2n) is 7.96. The van der Waals surface area contributed by atoms with Gasteiger partial charge in [0.2, 0.25) is 0 Å². The van der Waals surface area contributed by atoms with Crippen LogP contribution in [0.3, 0.4) is 0 Å². The maximum atomic E-state index is 12.6. The van der Waals surface area contributed by atoms with Crippen LogP contribution in [0.5, 0.6) is 11.5 Å². The minimum Gasteiger partial charge on any atom is -0.497 e. The van der Waals surface area contributed by atoms with Gasteiger partial charge in [-0.3, -0.25) is 9.36 Å². The first-order valence-electron chi connectivity index (χ1n) is 11.3. The maximum Gasteiger partial charge on any atom is 0.250 e. The molecular weight excluding hydrogens is 474 g/mol. The molecule has 0 aliphatic heterocycles. The van der Waals surface area contributed by atoms with Gasteiger partial charge in [-0.1, -0.05) is 53.7 Å². The van der Waals surface area contributed by atoms with Crippen LogP contribution in [0.15, 0.2) is 83.1 Å². The van der Waals surface area contributed by atoms with Gasteiger partial charge in [-0.15, -0.1) is 10.2 Å². The number of carbonyl (C=O) groups is 1. The number of amides is 1. The highest BCUT2D eigenvalue weighted by atomic mass is 32.2. The topological polar surface area (TPSA) is 90.6 Å². The molecule has 1 heterocycles. The minimum atomic E-state index is -0.247. The molecule has 184 valence electrons. The molecule has 4 rings (SSSR count).